The molecule has 2 aromatic carbocycles. The first-order valence-electron chi connectivity index (χ1n) is 8.61. The van der Waals surface area contributed by atoms with Gasteiger partial charge in [0.25, 0.3) is 5.91 Å². The van der Waals surface area contributed by atoms with E-state index < -0.39 is 0 Å². The van der Waals surface area contributed by atoms with Crippen LogP contribution in [0.1, 0.15) is 39.8 Å². The number of carbonyl (C=O) groups excluding carboxylic acids is 1. The minimum atomic E-state index is -0.118. The second-order valence-corrected chi connectivity index (χ2v) is 6.65. The van der Waals surface area contributed by atoms with Crippen LogP contribution in [0.4, 0.5) is 0 Å². The van der Waals surface area contributed by atoms with E-state index in [1.165, 1.54) is 0 Å². The number of nitrogens with one attached hydrogen (secondary N) is 1. The third kappa shape index (κ3) is 4.89. The molecule has 3 rings (SSSR count). The summed E-state index contributed by atoms with van der Waals surface area (Å²) in [7, 11) is 0. The normalized spacial score (nSPS) is 10.5. The Bertz CT molecular complexity index is 832. The summed E-state index contributed by atoms with van der Waals surface area (Å²) in [5.74, 6) is 0.689. The Kier molecular flexibility index (Phi) is 6.33. The molecule has 5 nitrogen and oxygen atoms in total. The van der Waals surface area contributed by atoms with Crippen molar-refractivity contribution in [1.29, 1.82) is 0 Å². The van der Waals surface area contributed by atoms with Crippen LogP contribution in [0.5, 0.6) is 5.75 Å². The number of ether oxygens (including phenoxy) is 1. The lowest BCUT2D eigenvalue weighted by atomic mass is 10.2. The summed E-state index contributed by atoms with van der Waals surface area (Å²) in [6, 6.07) is 17.8. The lowest BCUT2D eigenvalue weighted by molar-refractivity contribution is 0.0954. The van der Waals surface area contributed by atoms with E-state index >= 15 is 0 Å². The highest BCUT2D eigenvalue weighted by Crippen LogP contribution is 2.15. The highest BCUT2D eigenvalue weighted by molar-refractivity contribution is 7.08. The van der Waals surface area contributed by atoms with Crippen molar-refractivity contribution < 1.29 is 9.53 Å². The van der Waals surface area contributed by atoms with Gasteiger partial charge in [0.05, 0.1) is 5.69 Å². The third-order valence-electron chi connectivity index (χ3n) is 3.87. The van der Waals surface area contributed by atoms with Gasteiger partial charge in [-0.1, -0.05) is 60.3 Å². The largest absolute Gasteiger partial charge is 0.489 e. The Labute approximate surface area is 157 Å². The molecule has 134 valence electrons. The fraction of sp³-hybridized carbons (Fsp3) is 0.250. The van der Waals surface area contributed by atoms with E-state index in [-0.39, 0.29) is 5.91 Å². The quantitative estimate of drug-likeness (QED) is 0.654. The number of rotatable bonds is 8. The van der Waals surface area contributed by atoms with E-state index in [0.717, 1.165) is 46.9 Å². The molecular weight excluding hydrogens is 346 g/mol. The van der Waals surface area contributed by atoms with E-state index in [1.54, 1.807) is 0 Å². The lowest BCUT2D eigenvalue weighted by Gasteiger charge is -2.08. The number of aryl methyl sites for hydroxylation is 1. The molecule has 0 spiro atoms. The van der Waals surface area contributed by atoms with E-state index in [9.17, 15) is 4.79 Å². The van der Waals surface area contributed by atoms with Crippen LogP contribution in [0.3, 0.4) is 0 Å². The van der Waals surface area contributed by atoms with Crippen molar-refractivity contribution in [2.24, 2.45) is 0 Å². The van der Waals surface area contributed by atoms with Gasteiger partial charge < -0.3 is 10.1 Å². The summed E-state index contributed by atoms with van der Waals surface area (Å²) in [5, 5.41) is 6.96. The lowest BCUT2D eigenvalue weighted by Crippen LogP contribution is -2.23. The molecule has 6 heteroatoms. The van der Waals surface area contributed by atoms with Gasteiger partial charge in [-0.15, -0.1) is 5.10 Å². The molecular formula is C20H21N3O2S. The zero-order valence-electron chi connectivity index (χ0n) is 14.6. The van der Waals surface area contributed by atoms with Gasteiger partial charge in [-0.3, -0.25) is 4.79 Å². The van der Waals surface area contributed by atoms with Gasteiger partial charge in [-0.25, -0.2) is 0 Å². The van der Waals surface area contributed by atoms with Crippen molar-refractivity contribution in [2.45, 2.75) is 32.9 Å². The van der Waals surface area contributed by atoms with E-state index in [2.05, 4.69) is 21.8 Å². The van der Waals surface area contributed by atoms with Crippen molar-refractivity contribution in [3.8, 4) is 5.75 Å². The summed E-state index contributed by atoms with van der Waals surface area (Å²) >= 11 is 1.15. The van der Waals surface area contributed by atoms with Crippen LogP contribution < -0.4 is 10.1 Å². The molecule has 0 aliphatic heterocycles. The van der Waals surface area contributed by atoms with Crippen molar-refractivity contribution in [2.75, 3.05) is 0 Å². The number of carbonyl (C=O) groups is 1. The second kappa shape index (κ2) is 9.10. The predicted octanol–water partition coefficient (Wildman–Crippen LogP) is 4.00. The molecule has 0 aliphatic rings. The molecule has 0 fully saturated rings. The third-order valence-corrected chi connectivity index (χ3v) is 4.64. The van der Waals surface area contributed by atoms with Crippen LogP contribution in [-0.4, -0.2) is 15.5 Å². The molecule has 0 aliphatic carbocycles. The highest BCUT2D eigenvalue weighted by atomic mass is 32.1. The number of nitrogens with zero attached hydrogens (tertiary/aromatic N) is 2. The summed E-state index contributed by atoms with van der Waals surface area (Å²) in [5.41, 5.74) is 2.92. The Balaban J connectivity index is 1.51. The number of aromatic nitrogens is 2. The second-order valence-electron chi connectivity index (χ2n) is 5.90. The van der Waals surface area contributed by atoms with Gasteiger partial charge in [0, 0.05) is 6.54 Å². The minimum absolute atomic E-state index is 0.118. The Morgan fingerprint density at radius 1 is 1.08 bits per heavy atom. The molecule has 0 bridgehead atoms. The van der Waals surface area contributed by atoms with Gasteiger partial charge in [-0.2, -0.15) is 0 Å². The van der Waals surface area contributed by atoms with Gasteiger partial charge >= 0.3 is 0 Å². The molecule has 1 N–H and O–H groups in total. The minimum Gasteiger partial charge on any atom is -0.489 e. The van der Waals surface area contributed by atoms with Crippen molar-refractivity contribution >= 4 is 17.4 Å². The molecule has 0 radical (unpaired) electrons. The van der Waals surface area contributed by atoms with E-state index in [4.69, 9.17) is 4.74 Å². The summed E-state index contributed by atoms with van der Waals surface area (Å²) < 4.78 is 9.66. The van der Waals surface area contributed by atoms with E-state index in [1.807, 2.05) is 54.6 Å². The van der Waals surface area contributed by atoms with E-state index in [0.29, 0.717) is 18.0 Å². The zero-order chi connectivity index (χ0) is 18.2. The van der Waals surface area contributed by atoms with Crippen LogP contribution >= 0.6 is 11.5 Å². The maximum Gasteiger partial charge on any atom is 0.265 e. The van der Waals surface area contributed by atoms with Crippen molar-refractivity contribution in [3.05, 3.63) is 76.3 Å². The summed E-state index contributed by atoms with van der Waals surface area (Å²) in [4.78, 5) is 12.9. The molecule has 0 unspecified atom stereocenters. The van der Waals surface area contributed by atoms with Crippen LogP contribution in [0.25, 0.3) is 0 Å². The maximum atomic E-state index is 12.3. The number of hydrogen-bond donors (Lipinski definition) is 1. The SMILES string of the molecule is CCCc1nnsc1C(=O)NCc1ccc(OCc2ccccc2)cc1. The van der Waals surface area contributed by atoms with Crippen LogP contribution in [0, 0.1) is 0 Å². The Morgan fingerprint density at radius 3 is 2.58 bits per heavy atom. The molecule has 1 aromatic heterocycles. The van der Waals surface area contributed by atoms with Crippen molar-refractivity contribution in [3.63, 3.8) is 0 Å². The van der Waals surface area contributed by atoms with Gasteiger partial charge in [0.1, 0.15) is 17.2 Å². The highest BCUT2D eigenvalue weighted by Gasteiger charge is 2.15. The Morgan fingerprint density at radius 2 is 1.85 bits per heavy atom. The summed E-state index contributed by atoms with van der Waals surface area (Å²) in [6.07, 6.45) is 1.71. The zero-order valence-corrected chi connectivity index (χ0v) is 15.5. The fourth-order valence-corrected chi connectivity index (χ4v) is 3.11. The van der Waals surface area contributed by atoms with Gasteiger partial charge in [-0.05, 0) is 41.2 Å². The Hall–Kier alpha value is -2.73. The first kappa shape index (κ1) is 18.1. The molecule has 26 heavy (non-hydrogen) atoms. The molecule has 3 aromatic rings. The average molecular weight is 367 g/mol. The standard InChI is InChI=1S/C20H21N3O2S/c1-2-6-18-19(26-23-22-18)20(24)21-13-15-9-11-17(12-10-15)25-14-16-7-4-3-5-8-16/h3-5,7-12H,2,6,13-14H2,1H3,(H,21,24). The van der Waals surface area contributed by atoms with Crippen molar-refractivity contribution in [1.82, 2.24) is 14.9 Å². The first-order valence-corrected chi connectivity index (χ1v) is 9.38. The fourth-order valence-electron chi connectivity index (χ4n) is 2.49. The maximum absolute atomic E-state index is 12.3. The topological polar surface area (TPSA) is 64.1 Å². The van der Waals surface area contributed by atoms with Crippen LogP contribution in [0.2, 0.25) is 0 Å². The molecule has 0 atom stereocenters. The molecule has 0 saturated heterocycles. The number of amides is 1. The first-order chi connectivity index (χ1) is 12.8. The van der Waals surface area contributed by atoms with Crippen LogP contribution in [-0.2, 0) is 19.6 Å². The summed E-state index contributed by atoms with van der Waals surface area (Å²) in [6.45, 7) is 3.05. The monoisotopic (exact) mass is 367 g/mol. The van der Waals surface area contributed by atoms with Gasteiger partial charge in [0.2, 0.25) is 0 Å². The average Bonchev–Trinajstić information content (AvgIpc) is 3.15. The predicted molar refractivity (Wildman–Crippen MR) is 102 cm³/mol. The number of benzene rings is 2. The molecule has 0 saturated carbocycles. The molecule has 1 heterocycles. The van der Waals surface area contributed by atoms with Crippen LogP contribution in [0.15, 0.2) is 54.6 Å². The smallest absolute Gasteiger partial charge is 0.265 e. The van der Waals surface area contributed by atoms with Gasteiger partial charge in [0.15, 0.2) is 0 Å². The number of hydrogen-bond acceptors (Lipinski definition) is 5. The molecule has 1 amide bonds.